The number of aromatic nitrogens is 1. The second-order valence-electron chi connectivity index (χ2n) is 4.59. The van der Waals surface area contributed by atoms with E-state index in [0.717, 1.165) is 16.8 Å². The van der Waals surface area contributed by atoms with Gasteiger partial charge in [-0.25, -0.2) is 0 Å². The van der Waals surface area contributed by atoms with E-state index in [0.29, 0.717) is 10.7 Å². The van der Waals surface area contributed by atoms with Gasteiger partial charge in [-0.15, -0.1) is 0 Å². The summed E-state index contributed by atoms with van der Waals surface area (Å²) in [5, 5.41) is 3.37. The van der Waals surface area contributed by atoms with Crippen LogP contribution in [0.3, 0.4) is 0 Å². The molecule has 5 nitrogen and oxygen atoms in total. The van der Waals surface area contributed by atoms with E-state index in [1.165, 1.54) is 6.20 Å². The highest BCUT2D eigenvalue weighted by molar-refractivity contribution is 7.80. The van der Waals surface area contributed by atoms with Gasteiger partial charge in [-0.2, -0.15) is 0 Å². The fraction of sp³-hybridized carbons (Fsp3) is 0.133. The van der Waals surface area contributed by atoms with Gasteiger partial charge in [0.15, 0.2) is 5.11 Å². The van der Waals surface area contributed by atoms with Crippen LogP contribution in [0.5, 0.6) is 0 Å². The summed E-state index contributed by atoms with van der Waals surface area (Å²) in [4.78, 5) is 15.7. The molecular formula is C15H16N4OS. The van der Waals surface area contributed by atoms with Crippen molar-refractivity contribution in [2.24, 2.45) is 0 Å². The van der Waals surface area contributed by atoms with Crippen LogP contribution in [0.2, 0.25) is 0 Å². The molecule has 21 heavy (non-hydrogen) atoms. The Morgan fingerprint density at radius 3 is 2.71 bits per heavy atom. The number of amides is 1. The summed E-state index contributed by atoms with van der Waals surface area (Å²) in [5.41, 5.74) is 8.76. The largest absolute Gasteiger partial charge is 0.331 e. The Balaban J connectivity index is 1.91. The summed E-state index contributed by atoms with van der Waals surface area (Å²) in [6.45, 7) is 3.99. The molecule has 108 valence electrons. The molecule has 0 radical (unpaired) electrons. The number of pyridine rings is 1. The zero-order valence-electron chi connectivity index (χ0n) is 11.8. The van der Waals surface area contributed by atoms with Crippen molar-refractivity contribution in [3.8, 4) is 0 Å². The van der Waals surface area contributed by atoms with Crippen molar-refractivity contribution >= 4 is 28.9 Å². The first kappa shape index (κ1) is 14.9. The van der Waals surface area contributed by atoms with Gasteiger partial charge in [0.1, 0.15) is 0 Å². The van der Waals surface area contributed by atoms with Gasteiger partial charge in [0, 0.05) is 18.1 Å². The third kappa shape index (κ3) is 4.25. The number of hydrogen-bond donors (Lipinski definition) is 3. The van der Waals surface area contributed by atoms with Crippen molar-refractivity contribution in [1.29, 1.82) is 0 Å². The van der Waals surface area contributed by atoms with Gasteiger partial charge in [0.25, 0.3) is 5.91 Å². The Labute approximate surface area is 128 Å². The van der Waals surface area contributed by atoms with Gasteiger partial charge in [0.2, 0.25) is 0 Å². The van der Waals surface area contributed by atoms with Crippen molar-refractivity contribution in [3.05, 3.63) is 59.4 Å². The maximum absolute atomic E-state index is 11.8. The molecule has 0 bridgehead atoms. The maximum Gasteiger partial charge on any atom is 0.271 e. The van der Waals surface area contributed by atoms with Crippen LogP contribution in [0.15, 0.2) is 42.7 Å². The molecule has 0 aliphatic carbocycles. The third-order valence-electron chi connectivity index (χ3n) is 2.85. The van der Waals surface area contributed by atoms with Crippen molar-refractivity contribution in [1.82, 2.24) is 15.8 Å². The van der Waals surface area contributed by atoms with Crippen LogP contribution in [-0.2, 0) is 0 Å². The van der Waals surface area contributed by atoms with E-state index in [-0.39, 0.29) is 5.91 Å². The average Bonchev–Trinajstić information content (AvgIpc) is 2.49. The number of benzene rings is 1. The molecule has 0 spiro atoms. The second kappa shape index (κ2) is 6.81. The first-order chi connectivity index (χ1) is 10.1. The summed E-state index contributed by atoms with van der Waals surface area (Å²) in [7, 11) is 0. The minimum Gasteiger partial charge on any atom is -0.331 e. The number of rotatable bonds is 2. The lowest BCUT2D eigenvalue weighted by molar-refractivity contribution is 0.0944. The van der Waals surface area contributed by atoms with Crippen molar-refractivity contribution in [2.45, 2.75) is 13.8 Å². The fourth-order valence-electron chi connectivity index (χ4n) is 1.71. The summed E-state index contributed by atoms with van der Waals surface area (Å²) < 4.78 is 0. The highest BCUT2D eigenvalue weighted by Gasteiger charge is 2.06. The van der Waals surface area contributed by atoms with Crippen LogP contribution in [0.4, 0.5) is 5.69 Å². The van der Waals surface area contributed by atoms with Crippen LogP contribution in [0.1, 0.15) is 21.5 Å². The van der Waals surface area contributed by atoms with Gasteiger partial charge < -0.3 is 5.32 Å². The molecule has 3 N–H and O–H groups in total. The Morgan fingerprint density at radius 1 is 1.19 bits per heavy atom. The van der Waals surface area contributed by atoms with Crippen LogP contribution < -0.4 is 16.2 Å². The molecule has 1 aromatic carbocycles. The van der Waals surface area contributed by atoms with Crippen LogP contribution in [0, 0.1) is 13.8 Å². The van der Waals surface area contributed by atoms with E-state index in [1.54, 1.807) is 18.3 Å². The molecule has 1 heterocycles. The van der Waals surface area contributed by atoms with E-state index in [4.69, 9.17) is 12.2 Å². The standard InChI is InChI=1S/C15H16N4OS/c1-10-5-6-11(2)13(8-10)17-15(21)19-18-14(20)12-4-3-7-16-9-12/h3-9H,1-2H3,(H,18,20)(H2,17,19,21). The number of nitrogens with zero attached hydrogens (tertiary/aromatic N) is 1. The monoisotopic (exact) mass is 300 g/mol. The van der Waals surface area contributed by atoms with E-state index in [2.05, 4.69) is 21.2 Å². The Bertz CT molecular complexity index is 658. The van der Waals surface area contributed by atoms with Crippen LogP contribution in [0.25, 0.3) is 0 Å². The summed E-state index contributed by atoms with van der Waals surface area (Å²) in [6.07, 6.45) is 3.09. The predicted molar refractivity (Wildman–Crippen MR) is 87.0 cm³/mol. The number of carbonyl (C=O) groups excluding carboxylic acids is 1. The molecule has 1 aromatic heterocycles. The summed E-state index contributed by atoms with van der Waals surface area (Å²) >= 11 is 5.15. The lowest BCUT2D eigenvalue weighted by Crippen LogP contribution is -2.43. The molecule has 1 amide bonds. The van der Waals surface area contributed by atoms with E-state index in [9.17, 15) is 4.79 Å². The number of hydrogen-bond acceptors (Lipinski definition) is 3. The number of anilines is 1. The highest BCUT2D eigenvalue weighted by atomic mass is 32.1. The fourth-order valence-corrected chi connectivity index (χ4v) is 1.87. The van der Waals surface area contributed by atoms with Crippen molar-refractivity contribution in [2.75, 3.05) is 5.32 Å². The zero-order chi connectivity index (χ0) is 15.2. The number of aryl methyl sites for hydroxylation is 2. The lowest BCUT2D eigenvalue weighted by atomic mass is 10.1. The molecule has 2 aromatic rings. The van der Waals surface area contributed by atoms with Gasteiger partial charge in [-0.05, 0) is 55.4 Å². The van der Waals surface area contributed by atoms with Gasteiger partial charge in [0.05, 0.1) is 5.56 Å². The van der Waals surface area contributed by atoms with E-state index < -0.39 is 0 Å². The van der Waals surface area contributed by atoms with E-state index in [1.807, 2.05) is 32.0 Å². The Morgan fingerprint density at radius 2 is 2.00 bits per heavy atom. The molecule has 6 heteroatoms. The van der Waals surface area contributed by atoms with Gasteiger partial charge in [-0.1, -0.05) is 12.1 Å². The average molecular weight is 300 g/mol. The van der Waals surface area contributed by atoms with Gasteiger partial charge >= 0.3 is 0 Å². The topological polar surface area (TPSA) is 66.0 Å². The molecule has 0 atom stereocenters. The molecule has 0 unspecified atom stereocenters. The molecular weight excluding hydrogens is 284 g/mol. The predicted octanol–water partition coefficient (Wildman–Crippen LogP) is 2.33. The number of hydrazine groups is 1. The third-order valence-corrected chi connectivity index (χ3v) is 3.06. The minimum absolute atomic E-state index is 0.298. The smallest absolute Gasteiger partial charge is 0.271 e. The normalized spacial score (nSPS) is 9.81. The maximum atomic E-state index is 11.8. The molecule has 0 aliphatic rings. The zero-order valence-corrected chi connectivity index (χ0v) is 12.6. The highest BCUT2D eigenvalue weighted by Crippen LogP contribution is 2.15. The quantitative estimate of drug-likeness (QED) is 0.587. The summed E-state index contributed by atoms with van der Waals surface area (Å²) in [6, 6.07) is 9.40. The minimum atomic E-state index is -0.298. The molecule has 0 aliphatic heterocycles. The number of thiocarbonyl (C=S) groups is 1. The molecule has 0 fully saturated rings. The summed E-state index contributed by atoms with van der Waals surface area (Å²) in [5.74, 6) is -0.298. The van der Waals surface area contributed by atoms with Crippen LogP contribution in [-0.4, -0.2) is 16.0 Å². The number of nitrogens with one attached hydrogen (secondary N) is 3. The Hall–Kier alpha value is -2.47. The van der Waals surface area contributed by atoms with E-state index >= 15 is 0 Å². The van der Waals surface area contributed by atoms with Gasteiger partial charge in [-0.3, -0.25) is 20.6 Å². The van der Waals surface area contributed by atoms with Crippen molar-refractivity contribution < 1.29 is 4.79 Å². The molecule has 2 rings (SSSR count). The Kier molecular flexibility index (Phi) is 4.84. The van der Waals surface area contributed by atoms with Crippen molar-refractivity contribution in [3.63, 3.8) is 0 Å². The second-order valence-corrected chi connectivity index (χ2v) is 5.00. The first-order valence-electron chi connectivity index (χ1n) is 6.41. The first-order valence-corrected chi connectivity index (χ1v) is 6.81. The van der Waals surface area contributed by atoms with Crippen LogP contribution >= 0.6 is 12.2 Å². The molecule has 0 saturated carbocycles. The number of carbonyl (C=O) groups is 1. The SMILES string of the molecule is Cc1ccc(C)c(NC(=S)NNC(=O)c2cccnc2)c1. The molecule has 0 saturated heterocycles. The lowest BCUT2D eigenvalue weighted by Gasteiger charge is -2.13.